The van der Waals surface area contributed by atoms with Crippen molar-refractivity contribution < 1.29 is 33.8 Å². The Morgan fingerprint density at radius 1 is 0.824 bits per heavy atom. The Morgan fingerprint density at radius 3 is 2.41 bits per heavy atom. The van der Waals surface area contributed by atoms with E-state index >= 15 is 0 Å². The fourth-order valence-corrected chi connectivity index (χ4v) is 13.3. The topological polar surface area (TPSA) is 184 Å². The summed E-state index contributed by atoms with van der Waals surface area (Å²) in [7, 11) is 1.93. The van der Waals surface area contributed by atoms with Crippen molar-refractivity contribution in [1.82, 2.24) is 30.0 Å². The van der Waals surface area contributed by atoms with Crippen molar-refractivity contribution in [2.75, 3.05) is 61.0 Å². The number of nitrogens with one attached hydrogen (secondary N) is 2. The Hall–Kier alpha value is -7.21. The van der Waals surface area contributed by atoms with Gasteiger partial charge in [0.15, 0.2) is 10.8 Å². The number of carbonyl (C=O) groups excluding carboxylic acids is 3. The third-order valence-corrected chi connectivity index (χ3v) is 17.1. The van der Waals surface area contributed by atoms with Crippen LogP contribution in [0.25, 0.3) is 32.2 Å². The number of aromatic carboxylic acids is 1. The minimum absolute atomic E-state index is 0.0267. The number of piperazine rings is 1. The van der Waals surface area contributed by atoms with Crippen LogP contribution in [-0.2, 0) is 34.3 Å². The monoisotopic (exact) mass is 1010 g/mol. The Bertz CT molecular complexity index is 3300. The molecule has 3 N–H and O–H groups in total. The van der Waals surface area contributed by atoms with Crippen molar-refractivity contribution in [2.45, 2.75) is 76.5 Å². The van der Waals surface area contributed by atoms with Gasteiger partial charge in [-0.2, -0.15) is 5.10 Å². The van der Waals surface area contributed by atoms with Gasteiger partial charge in [-0.25, -0.2) is 14.8 Å². The molecule has 380 valence electrons. The zero-order valence-corrected chi connectivity index (χ0v) is 42.4. The summed E-state index contributed by atoms with van der Waals surface area (Å²) >= 11 is 1.44. The second-order valence-electron chi connectivity index (χ2n) is 20.6. The number of piperidine rings is 1. The van der Waals surface area contributed by atoms with E-state index in [1.807, 2.05) is 108 Å². The van der Waals surface area contributed by atoms with Crippen molar-refractivity contribution in [3.63, 3.8) is 0 Å². The number of carboxylic acid groups (broad SMARTS) is 1. The number of hydrogen-bond donors (Lipinski definition) is 3. The molecule has 16 nitrogen and oxygen atoms in total. The van der Waals surface area contributed by atoms with Gasteiger partial charge in [-0.05, 0) is 122 Å². The third-order valence-electron chi connectivity index (χ3n) is 16.2. The number of imide groups is 1. The van der Waals surface area contributed by atoms with E-state index in [0.717, 1.165) is 119 Å². The Kier molecular flexibility index (Phi) is 12.9. The number of hydrogen-bond acceptors (Lipinski definition) is 13. The number of aromatic nitrogens is 4. The number of para-hydroxylation sites is 2. The van der Waals surface area contributed by atoms with Crippen LogP contribution >= 0.6 is 11.3 Å². The number of amides is 3. The van der Waals surface area contributed by atoms with E-state index in [2.05, 4.69) is 31.5 Å². The van der Waals surface area contributed by atoms with Crippen LogP contribution in [0.3, 0.4) is 0 Å². The van der Waals surface area contributed by atoms with Gasteiger partial charge >= 0.3 is 5.97 Å². The lowest BCUT2D eigenvalue weighted by Crippen LogP contribution is -2.47. The summed E-state index contributed by atoms with van der Waals surface area (Å²) in [5, 5.41) is 22.4. The van der Waals surface area contributed by atoms with Crippen LogP contribution in [0.15, 0.2) is 91.0 Å². The van der Waals surface area contributed by atoms with Crippen molar-refractivity contribution in [2.24, 2.45) is 18.9 Å². The Morgan fingerprint density at radius 2 is 1.61 bits per heavy atom. The highest BCUT2D eigenvalue weighted by Crippen LogP contribution is 2.47. The van der Waals surface area contributed by atoms with Crippen LogP contribution in [0.4, 0.5) is 16.6 Å². The first-order chi connectivity index (χ1) is 36.0. The number of rotatable bonds is 13. The van der Waals surface area contributed by atoms with E-state index in [0.29, 0.717) is 72.9 Å². The van der Waals surface area contributed by atoms with Crippen LogP contribution in [0.5, 0.6) is 5.75 Å². The van der Waals surface area contributed by atoms with Gasteiger partial charge in [0.25, 0.3) is 5.91 Å². The van der Waals surface area contributed by atoms with Crippen LogP contribution in [0, 0.1) is 18.8 Å². The number of nitrogens with zero attached hydrogens (tertiary/aromatic N) is 7. The second-order valence-corrected chi connectivity index (χ2v) is 21.6. The molecule has 0 bridgehead atoms. The van der Waals surface area contributed by atoms with Gasteiger partial charge in [0.1, 0.15) is 11.6 Å². The molecule has 3 aromatic heterocycles. The molecule has 6 heterocycles. The van der Waals surface area contributed by atoms with E-state index in [9.17, 15) is 24.3 Å². The standard InChI is InChI=1S/C57H59N9O7S/c1-33-39(40-16-18-49(59-52(40)56(70)71)66-21-20-34-8-5-10-41(44(34)32-66)54(68)61-57-58-45-12-3-4-15-48(45)74-57)9-7-14-47(33)73-38-30-35-28-37(29-36(35)31-38)72-27-26-64-22-24-65(25-23-64)46-13-6-11-42-51(62-63(2)53(42)46)43-17-19-50(67)60-55(43)69/h3-16,18,35-38,43H,17,19-32H2,1-2H3,(H,70,71)(H,58,61,68)(H,60,67,69). The zero-order valence-electron chi connectivity index (χ0n) is 41.6. The van der Waals surface area contributed by atoms with Crippen molar-refractivity contribution >= 4 is 72.8 Å². The summed E-state index contributed by atoms with van der Waals surface area (Å²) in [4.78, 5) is 67.4. The number of benzene rings is 4. The van der Waals surface area contributed by atoms with Crippen LogP contribution in [-0.4, -0.2) is 112 Å². The van der Waals surface area contributed by atoms with Gasteiger partial charge in [0.2, 0.25) is 11.8 Å². The SMILES string of the molecule is Cc1c(OC2CC3CC(OCCN4CCN(c5cccc6c(C7CCC(=O)NC7=O)nn(C)c56)CC4)CC3C2)cccc1-c1ccc(N2CCc3cccc(C(=O)Nc4nc5ccccc5s4)c3C2)nc1C(=O)O. The maximum absolute atomic E-state index is 13.7. The minimum atomic E-state index is -1.11. The van der Waals surface area contributed by atoms with Gasteiger partial charge < -0.3 is 24.4 Å². The first-order valence-electron chi connectivity index (χ1n) is 25.9. The third kappa shape index (κ3) is 9.25. The average molecular weight is 1010 g/mol. The number of carboxylic acids is 1. The maximum Gasteiger partial charge on any atom is 0.355 e. The molecule has 4 aromatic carbocycles. The van der Waals surface area contributed by atoms with E-state index in [-0.39, 0.29) is 35.6 Å². The summed E-state index contributed by atoms with van der Waals surface area (Å²) in [5.41, 5.74) is 8.42. The average Bonchev–Trinajstić information content (AvgIpc) is 4.18. The normalized spacial score (nSPS) is 22.0. The Balaban J connectivity index is 0.633. The first-order valence-corrected chi connectivity index (χ1v) is 26.7. The van der Waals surface area contributed by atoms with Gasteiger partial charge in [-0.1, -0.05) is 59.9 Å². The zero-order chi connectivity index (χ0) is 50.6. The maximum atomic E-state index is 13.7. The van der Waals surface area contributed by atoms with Gasteiger partial charge in [0, 0.05) is 75.8 Å². The lowest BCUT2D eigenvalue weighted by molar-refractivity contribution is -0.134. The van der Waals surface area contributed by atoms with E-state index < -0.39 is 11.9 Å². The fraction of sp³-hybridized carbons (Fsp3) is 0.386. The summed E-state index contributed by atoms with van der Waals surface area (Å²) in [5.74, 6) is 0.140. The van der Waals surface area contributed by atoms with E-state index in [1.165, 1.54) is 11.3 Å². The molecular weight excluding hydrogens is 955 g/mol. The van der Waals surface area contributed by atoms with Gasteiger partial charge in [0.05, 0.1) is 51.8 Å². The van der Waals surface area contributed by atoms with Crippen molar-refractivity contribution in [1.29, 1.82) is 0 Å². The summed E-state index contributed by atoms with van der Waals surface area (Å²) in [6, 6.07) is 29.4. The smallest absolute Gasteiger partial charge is 0.355 e. The number of fused-ring (bicyclic) bond motifs is 4. The highest BCUT2D eigenvalue weighted by Gasteiger charge is 2.43. The molecule has 3 unspecified atom stereocenters. The van der Waals surface area contributed by atoms with Crippen molar-refractivity contribution in [3.05, 3.63) is 125 Å². The number of ether oxygens (including phenoxy) is 2. The predicted octanol–water partition coefficient (Wildman–Crippen LogP) is 8.36. The van der Waals surface area contributed by atoms with E-state index in [4.69, 9.17) is 19.6 Å². The molecule has 2 saturated heterocycles. The fourth-order valence-electron chi connectivity index (χ4n) is 12.4. The lowest BCUT2D eigenvalue weighted by atomic mass is 9.92. The largest absolute Gasteiger partial charge is 0.490 e. The molecule has 17 heteroatoms. The van der Waals surface area contributed by atoms with Crippen LogP contribution < -0.4 is 25.2 Å². The molecule has 0 radical (unpaired) electrons. The highest BCUT2D eigenvalue weighted by atomic mass is 32.1. The number of anilines is 3. The molecule has 3 atom stereocenters. The first kappa shape index (κ1) is 47.8. The van der Waals surface area contributed by atoms with E-state index in [1.54, 1.807) is 0 Å². The summed E-state index contributed by atoms with van der Waals surface area (Å²) in [6.07, 6.45) is 5.82. The van der Waals surface area contributed by atoms with Crippen LogP contribution in [0.2, 0.25) is 0 Å². The molecule has 3 aliphatic heterocycles. The van der Waals surface area contributed by atoms with Gasteiger partial charge in [-0.15, -0.1) is 0 Å². The number of pyridine rings is 1. The second kappa shape index (κ2) is 19.9. The summed E-state index contributed by atoms with van der Waals surface area (Å²) < 4.78 is 16.2. The molecular formula is C57H59N9O7S. The Labute approximate surface area is 432 Å². The number of carbonyl (C=O) groups is 4. The minimum Gasteiger partial charge on any atom is -0.490 e. The number of aryl methyl sites for hydroxylation is 1. The summed E-state index contributed by atoms with van der Waals surface area (Å²) in [6.45, 7) is 8.24. The molecule has 12 rings (SSSR count). The van der Waals surface area contributed by atoms with Crippen LogP contribution in [0.1, 0.15) is 87.7 Å². The molecule has 74 heavy (non-hydrogen) atoms. The van der Waals surface area contributed by atoms with Gasteiger partial charge in [-0.3, -0.25) is 34.6 Å². The molecule has 7 aromatic rings. The molecule has 4 fully saturated rings. The molecule has 2 aliphatic carbocycles. The molecule has 3 amide bonds. The lowest BCUT2D eigenvalue weighted by Gasteiger charge is -2.36. The molecule has 2 saturated carbocycles. The van der Waals surface area contributed by atoms with Crippen molar-refractivity contribution in [3.8, 4) is 16.9 Å². The quantitative estimate of drug-likeness (QED) is 0.0938. The molecule has 0 spiro atoms. The molecule has 5 aliphatic rings. The highest BCUT2D eigenvalue weighted by molar-refractivity contribution is 7.22. The number of thiazole rings is 1. The predicted molar refractivity (Wildman–Crippen MR) is 284 cm³/mol.